The van der Waals surface area contributed by atoms with Crippen molar-refractivity contribution in [2.24, 2.45) is 0 Å². The fourth-order valence-corrected chi connectivity index (χ4v) is 2.77. The molecule has 1 saturated heterocycles. The van der Waals surface area contributed by atoms with Gasteiger partial charge in [-0.3, -0.25) is 4.79 Å². The van der Waals surface area contributed by atoms with Crippen LogP contribution in [0.25, 0.3) is 0 Å². The van der Waals surface area contributed by atoms with E-state index in [0.717, 1.165) is 31.6 Å². The van der Waals surface area contributed by atoms with E-state index >= 15 is 0 Å². The van der Waals surface area contributed by atoms with Gasteiger partial charge in [0.2, 0.25) is 5.91 Å². The van der Waals surface area contributed by atoms with Gasteiger partial charge in [0.25, 0.3) is 0 Å². The fraction of sp³-hybridized carbons (Fsp3) is 0.562. The highest BCUT2D eigenvalue weighted by Gasteiger charge is 2.30. The second kappa shape index (κ2) is 6.20. The van der Waals surface area contributed by atoms with Gasteiger partial charge in [0.1, 0.15) is 0 Å². The van der Waals surface area contributed by atoms with E-state index in [-0.39, 0.29) is 11.9 Å². The SMILES string of the molecule is CCNC1CCCN(c2ccccc2C(C)C)C1=O. The predicted molar refractivity (Wildman–Crippen MR) is 79.6 cm³/mol. The summed E-state index contributed by atoms with van der Waals surface area (Å²) in [5.41, 5.74) is 2.35. The first-order valence-corrected chi connectivity index (χ1v) is 7.28. The van der Waals surface area contributed by atoms with Crippen LogP contribution < -0.4 is 10.2 Å². The molecule has 0 bridgehead atoms. The van der Waals surface area contributed by atoms with Crippen LogP contribution in [0.1, 0.15) is 45.1 Å². The van der Waals surface area contributed by atoms with Crippen LogP contribution in [0.4, 0.5) is 5.69 Å². The molecule has 0 saturated carbocycles. The van der Waals surface area contributed by atoms with Crippen molar-refractivity contribution in [1.29, 1.82) is 0 Å². The molecule has 1 fully saturated rings. The Morgan fingerprint density at radius 2 is 2.11 bits per heavy atom. The van der Waals surface area contributed by atoms with Crippen LogP contribution in [0.15, 0.2) is 24.3 Å². The number of nitrogens with zero attached hydrogens (tertiary/aromatic N) is 1. The van der Waals surface area contributed by atoms with Crippen LogP contribution in [0, 0.1) is 0 Å². The summed E-state index contributed by atoms with van der Waals surface area (Å²) in [5.74, 6) is 0.657. The molecule has 0 radical (unpaired) electrons. The van der Waals surface area contributed by atoms with Gasteiger partial charge in [-0.05, 0) is 36.9 Å². The highest BCUT2D eigenvalue weighted by Crippen LogP contribution is 2.29. The quantitative estimate of drug-likeness (QED) is 0.902. The summed E-state index contributed by atoms with van der Waals surface area (Å²) in [6, 6.07) is 8.26. The molecule has 0 spiro atoms. The average Bonchev–Trinajstić information content (AvgIpc) is 2.41. The maximum atomic E-state index is 12.6. The maximum absolute atomic E-state index is 12.6. The van der Waals surface area contributed by atoms with E-state index < -0.39 is 0 Å². The molecule has 3 nitrogen and oxygen atoms in total. The van der Waals surface area contributed by atoms with Crippen molar-refractivity contribution in [3.8, 4) is 0 Å². The first-order valence-electron chi connectivity index (χ1n) is 7.28. The number of para-hydroxylation sites is 1. The Balaban J connectivity index is 2.28. The number of hydrogen-bond donors (Lipinski definition) is 1. The molecule has 1 aliphatic rings. The molecule has 1 aliphatic heterocycles. The number of carbonyl (C=O) groups excluding carboxylic acids is 1. The van der Waals surface area contributed by atoms with E-state index in [1.54, 1.807) is 0 Å². The van der Waals surface area contributed by atoms with E-state index in [4.69, 9.17) is 0 Å². The van der Waals surface area contributed by atoms with Gasteiger partial charge < -0.3 is 10.2 Å². The molecule has 1 unspecified atom stereocenters. The molecule has 1 N–H and O–H groups in total. The highest BCUT2D eigenvalue weighted by atomic mass is 16.2. The number of benzene rings is 1. The zero-order chi connectivity index (χ0) is 13.8. The second-order valence-corrected chi connectivity index (χ2v) is 5.46. The van der Waals surface area contributed by atoms with Crippen molar-refractivity contribution in [3.63, 3.8) is 0 Å². The van der Waals surface area contributed by atoms with Gasteiger partial charge in [-0.15, -0.1) is 0 Å². The van der Waals surface area contributed by atoms with Crippen molar-refractivity contribution < 1.29 is 4.79 Å². The number of nitrogens with one attached hydrogen (secondary N) is 1. The third kappa shape index (κ3) is 2.98. The van der Waals surface area contributed by atoms with E-state index in [1.165, 1.54) is 5.56 Å². The van der Waals surface area contributed by atoms with Gasteiger partial charge in [0, 0.05) is 12.2 Å². The van der Waals surface area contributed by atoms with Crippen molar-refractivity contribution in [2.45, 2.75) is 45.6 Å². The molecule has 2 rings (SSSR count). The molecule has 0 aromatic heterocycles. The normalized spacial score (nSPS) is 20.1. The van der Waals surface area contributed by atoms with Crippen LogP contribution in [0.2, 0.25) is 0 Å². The molecule has 3 heteroatoms. The highest BCUT2D eigenvalue weighted by molar-refractivity contribution is 5.98. The number of rotatable bonds is 4. The zero-order valence-electron chi connectivity index (χ0n) is 12.1. The van der Waals surface area contributed by atoms with Crippen molar-refractivity contribution in [1.82, 2.24) is 5.32 Å². The standard InChI is InChI=1S/C16H24N2O/c1-4-17-14-9-7-11-18(16(14)19)15-10-6-5-8-13(15)12(2)3/h5-6,8,10,12,14,17H,4,7,9,11H2,1-3H3. The molecular weight excluding hydrogens is 236 g/mol. The molecular formula is C16H24N2O. The van der Waals surface area contributed by atoms with E-state index in [0.29, 0.717) is 5.92 Å². The number of anilines is 1. The summed E-state index contributed by atoms with van der Waals surface area (Å²) in [6.45, 7) is 8.08. The minimum absolute atomic E-state index is 0.0148. The lowest BCUT2D eigenvalue weighted by Gasteiger charge is -2.34. The molecule has 0 aliphatic carbocycles. The van der Waals surface area contributed by atoms with Crippen LogP contribution in [0.5, 0.6) is 0 Å². The Bertz CT molecular complexity index is 440. The summed E-state index contributed by atoms with van der Waals surface area (Å²) in [7, 11) is 0. The van der Waals surface area contributed by atoms with Gasteiger partial charge in [-0.2, -0.15) is 0 Å². The maximum Gasteiger partial charge on any atom is 0.244 e. The molecule has 1 heterocycles. The molecule has 19 heavy (non-hydrogen) atoms. The Hall–Kier alpha value is -1.35. The fourth-order valence-electron chi connectivity index (χ4n) is 2.77. The minimum atomic E-state index is -0.0148. The smallest absolute Gasteiger partial charge is 0.244 e. The molecule has 104 valence electrons. The summed E-state index contributed by atoms with van der Waals surface area (Å²) in [5, 5.41) is 3.29. The second-order valence-electron chi connectivity index (χ2n) is 5.46. The lowest BCUT2D eigenvalue weighted by Crippen LogP contribution is -2.51. The first kappa shape index (κ1) is 14.1. The Morgan fingerprint density at radius 1 is 1.37 bits per heavy atom. The first-order chi connectivity index (χ1) is 9.15. The summed E-state index contributed by atoms with van der Waals surface area (Å²) in [4.78, 5) is 14.5. The zero-order valence-corrected chi connectivity index (χ0v) is 12.1. The summed E-state index contributed by atoms with van der Waals surface area (Å²) in [6.07, 6.45) is 2.02. The van der Waals surface area contributed by atoms with Crippen LogP contribution in [0.3, 0.4) is 0 Å². The van der Waals surface area contributed by atoms with E-state index in [1.807, 2.05) is 17.9 Å². The molecule has 1 aromatic rings. The number of piperidine rings is 1. The lowest BCUT2D eigenvalue weighted by molar-refractivity contribution is -0.121. The van der Waals surface area contributed by atoms with Crippen LogP contribution in [-0.2, 0) is 4.79 Å². The van der Waals surface area contributed by atoms with Gasteiger partial charge >= 0.3 is 0 Å². The van der Waals surface area contributed by atoms with Crippen molar-refractivity contribution in [2.75, 3.05) is 18.0 Å². The monoisotopic (exact) mass is 260 g/mol. The Kier molecular flexibility index (Phi) is 4.59. The molecule has 1 aromatic carbocycles. The van der Waals surface area contributed by atoms with Gasteiger partial charge in [0.05, 0.1) is 6.04 Å². The number of amides is 1. The Morgan fingerprint density at radius 3 is 2.79 bits per heavy atom. The number of hydrogen-bond acceptors (Lipinski definition) is 2. The number of likely N-dealkylation sites (N-methyl/N-ethyl adjacent to an activating group) is 1. The summed E-state index contributed by atoms with van der Waals surface area (Å²) < 4.78 is 0. The third-order valence-electron chi connectivity index (χ3n) is 3.74. The van der Waals surface area contributed by atoms with Gasteiger partial charge in [-0.25, -0.2) is 0 Å². The third-order valence-corrected chi connectivity index (χ3v) is 3.74. The van der Waals surface area contributed by atoms with Gasteiger partial charge in [0.15, 0.2) is 0 Å². The average molecular weight is 260 g/mol. The Labute approximate surface area is 116 Å². The summed E-state index contributed by atoms with van der Waals surface area (Å²) >= 11 is 0. The predicted octanol–water partition coefficient (Wildman–Crippen LogP) is 2.91. The largest absolute Gasteiger partial charge is 0.311 e. The van der Waals surface area contributed by atoms with E-state index in [9.17, 15) is 4.79 Å². The lowest BCUT2D eigenvalue weighted by atomic mass is 9.97. The van der Waals surface area contributed by atoms with Gasteiger partial charge in [-0.1, -0.05) is 39.0 Å². The van der Waals surface area contributed by atoms with Crippen LogP contribution >= 0.6 is 0 Å². The topological polar surface area (TPSA) is 32.3 Å². The van der Waals surface area contributed by atoms with Crippen LogP contribution in [-0.4, -0.2) is 25.0 Å². The minimum Gasteiger partial charge on any atom is -0.311 e. The van der Waals surface area contributed by atoms with Crippen molar-refractivity contribution >= 4 is 11.6 Å². The van der Waals surface area contributed by atoms with Crippen molar-refractivity contribution in [3.05, 3.63) is 29.8 Å². The molecule has 1 atom stereocenters. The molecule has 1 amide bonds. The van der Waals surface area contributed by atoms with E-state index in [2.05, 4.69) is 37.4 Å². The number of carbonyl (C=O) groups is 1.